The highest BCUT2D eigenvalue weighted by Gasteiger charge is 2.10. The zero-order chi connectivity index (χ0) is 18.9. The number of para-hydroxylation sites is 1. The minimum absolute atomic E-state index is 0.846. The summed E-state index contributed by atoms with van der Waals surface area (Å²) in [7, 11) is 0. The molecule has 1 aliphatic heterocycles. The van der Waals surface area contributed by atoms with Crippen LogP contribution in [0.15, 0.2) is 29.3 Å². The molecule has 2 heterocycles. The number of aromatic nitrogens is 1. The van der Waals surface area contributed by atoms with Crippen molar-refractivity contribution in [2.45, 2.75) is 26.7 Å². The van der Waals surface area contributed by atoms with Gasteiger partial charge >= 0.3 is 0 Å². The molecule has 6 nitrogen and oxygen atoms in total. The Morgan fingerprint density at radius 3 is 2.85 bits per heavy atom. The highest BCUT2D eigenvalue weighted by molar-refractivity contribution is 5.84. The SMILES string of the molecule is CCNC(=NCCCN1CCOCC1)NCCc1c(C)[nH]c2ccccc12. The molecule has 6 heteroatoms. The Morgan fingerprint density at radius 1 is 1.22 bits per heavy atom. The number of guanidine groups is 1. The van der Waals surface area contributed by atoms with Crippen LogP contribution < -0.4 is 10.6 Å². The zero-order valence-corrected chi connectivity index (χ0v) is 16.7. The molecule has 0 atom stereocenters. The molecule has 0 aliphatic carbocycles. The third-order valence-corrected chi connectivity index (χ3v) is 5.04. The number of fused-ring (bicyclic) bond motifs is 1. The van der Waals surface area contributed by atoms with Crippen LogP contribution in [0.4, 0.5) is 0 Å². The fourth-order valence-electron chi connectivity index (χ4n) is 3.61. The largest absolute Gasteiger partial charge is 0.379 e. The number of benzene rings is 1. The van der Waals surface area contributed by atoms with E-state index in [0.29, 0.717) is 0 Å². The molecule has 27 heavy (non-hydrogen) atoms. The molecule has 0 bridgehead atoms. The predicted molar refractivity (Wildman–Crippen MR) is 113 cm³/mol. The van der Waals surface area contributed by atoms with Crippen molar-refractivity contribution < 1.29 is 4.74 Å². The molecule has 0 radical (unpaired) electrons. The van der Waals surface area contributed by atoms with Crippen LogP contribution in [0.25, 0.3) is 10.9 Å². The summed E-state index contributed by atoms with van der Waals surface area (Å²) in [5.74, 6) is 0.914. The number of hydrogen-bond donors (Lipinski definition) is 3. The number of H-pyrrole nitrogens is 1. The molecule has 1 fully saturated rings. The minimum Gasteiger partial charge on any atom is -0.379 e. The normalized spacial score (nSPS) is 16.0. The van der Waals surface area contributed by atoms with Gasteiger partial charge in [0.1, 0.15) is 0 Å². The Bertz CT molecular complexity index is 733. The number of nitrogens with zero attached hydrogens (tertiary/aromatic N) is 2. The molecule has 0 spiro atoms. The van der Waals surface area contributed by atoms with Crippen LogP contribution in [-0.4, -0.2) is 68.3 Å². The number of ether oxygens (including phenoxy) is 1. The fraction of sp³-hybridized carbons (Fsp3) is 0.571. The summed E-state index contributed by atoms with van der Waals surface area (Å²) in [6.07, 6.45) is 2.06. The molecule has 0 saturated carbocycles. The Morgan fingerprint density at radius 2 is 2.04 bits per heavy atom. The van der Waals surface area contributed by atoms with Gasteiger partial charge in [0.25, 0.3) is 0 Å². The third kappa shape index (κ3) is 5.71. The lowest BCUT2D eigenvalue weighted by Gasteiger charge is -2.26. The van der Waals surface area contributed by atoms with E-state index in [4.69, 9.17) is 9.73 Å². The second-order valence-corrected chi connectivity index (χ2v) is 7.02. The number of morpholine rings is 1. The van der Waals surface area contributed by atoms with Gasteiger partial charge in [0, 0.05) is 55.9 Å². The van der Waals surface area contributed by atoms with Gasteiger partial charge in [0.2, 0.25) is 0 Å². The van der Waals surface area contributed by atoms with Gasteiger partial charge in [-0.1, -0.05) is 18.2 Å². The molecule has 1 aliphatic rings. The van der Waals surface area contributed by atoms with Gasteiger partial charge in [-0.3, -0.25) is 9.89 Å². The van der Waals surface area contributed by atoms with Gasteiger partial charge in [-0.05, 0) is 38.3 Å². The maximum absolute atomic E-state index is 5.39. The quantitative estimate of drug-likeness (QED) is 0.378. The molecular weight excluding hydrogens is 338 g/mol. The first-order valence-corrected chi connectivity index (χ1v) is 10.2. The summed E-state index contributed by atoms with van der Waals surface area (Å²) in [5, 5.41) is 8.15. The van der Waals surface area contributed by atoms with Crippen LogP contribution in [-0.2, 0) is 11.2 Å². The zero-order valence-electron chi connectivity index (χ0n) is 16.7. The van der Waals surface area contributed by atoms with Crippen LogP contribution in [0.3, 0.4) is 0 Å². The Labute approximate surface area is 162 Å². The van der Waals surface area contributed by atoms with Gasteiger partial charge in [-0.2, -0.15) is 0 Å². The molecule has 1 aromatic carbocycles. The number of hydrogen-bond acceptors (Lipinski definition) is 3. The van der Waals surface area contributed by atoms with E-state index in [0.717, 1.165) is 71.3 Å². The fourth-order valence-corrected chi connectivity index (χ4v) is 3.61. The van der Waals surface area contributed by atoms with Crippen molar-refractivity contribution in [3.8, 4) is 0 Å². The molecule has 0 amide bonds. The van der Waals surface area contributed by atoms with Crippen molar-refractivity contribution in [2.75, 3.05) is 52.5 Å². The van der Waals surface area contributed by atoms with Gasteiger partial charge in [-0.15, -0.1) is 0 Å². The molecule has 1 aromatic heterocycles. The van der Waals surface area contributed by atoms with Gasteiger partial charge < -0.3 is 20.4 Å². The van der Waals surface area contributed by atoms with E-state index in [1.54, 1.807) is 0 Å². The number of aliphatic imine (C=N–C) groups is 1. The smallest absolute Gasteiger partial charge is 0.191 e. The molecule has 3 N–H and O–H groups in total. The van der Waals surface area contributed by atoms with E-state index in [2.05, 4.69) is 58.6 Å². The topological polar surface area (TPSA) is 64.7 Å². The average Bonchev–Trinajstić information content (AvgIpc) is 3.01. The average molecular weight is 372 g/mol. The lowest BCUT2D eigenvalue weighted by Crippen LogP contribution is -2.39. The predicted octanol–water partition coefficient (Wildman–Crippen LogP) is 2.30. The minimum atomic E-state index is 0.846. The van der Waals surface area contributed by atoms with Gasteiger partial charge in [0.05, 0.1) is 13.2 Å². The van der Waals surface area contributed by atoms with Crippen LogP contribution in [0.5, 0.6) is 0 Å². The Kier molecular flexibility index (Phi) is 7.54. The van der Waals surface area contributed by atoms with Gasteiger partial charge in [0.15, 0.2) is 5.96 Å². The van der Waals surface area contributed by atoms with Crippen LogP contribution in [0.2, 0.25) is 0 Å². The number of aryl methyl sites for hydroxylation is 1. The first kappa shape index (κ1) is 19.7. The van der Waals surface area contributed by atoms with E-state index >= 15 is 0 Å². The standard InChI is InChI=1S/C21H33N5O/c1-3-22-21(23-10-6-12-26-13-15-27-16-14-26)24-11-9-18-17(2)25-20-8-5-4-7-19(18)20/h4-5,7-8,25H,3,6,9-16H2,1-2H3,(H2,22,23,24). The van der Waals surface area contributed by atoms with Crippen molar-refractivity contribution >= 4 is 16.9 Å². The monoisotopic (exact) mass is 371 g/mol. The second-order valence-electron chi connectivity index (χ2n) is 7.02. The van der Waals surface area contributed by atoms with Crippen molar-refractivity contribution in [1.29, 1.82) is 0 Å². The van der Waals surface area contributed by atoms with Crippen molar-refractivity contribution in [3.05, 3.63) is 35.5 Å². The summed E-state index contributed by atoms with van der Waals surface area (Å²) in [6.45, 7) is 11.8. The number of aromatic amines is 1. The Balaban J connectivity index is 1.46. The first-order valence-electron chi connectivity index (χ1n) is 10.2. The summed E-state index contributed by atoms with van der Waals surface area (Å²) >= 11 is 0. The molecule has 1 saturated heterocycles. The molecule has 148 valence electrons. The van der Waals surface area contributed by atoms with E-state index in [1.165, 1.54) is 22.2 Å². The maximum atomic E-state index is 5.39. The lowest BCUT2D eigenvalue weighted by molar-refractivity contribution is 0.0377. The van der Waals surface area contributed by atoms with E-state index < -0.39 is 0 Å². The number of rotatable bonds is 8. The van der Waals surface area contributed by atoms with E-state index in [9.17, 15) is 0 Å². The Hall–Kier alpha value is -2.05. The first-order chi connectivity index (χ1) is 13.3. The van der Waals surface area contributed by atoms with Crippen molar-refractivity contribution in [3.63, 3.8) is 0 Å². The van der Waals surface area contributed by atoms with Crippen molar-refractivity contribution in [1.82, 2.24) is 20.5 Å². The van der Waals surface area contributed by atoms with Crippen LogP contribution in [0.1, 0.15) is 24.6 Å². The molecule has 3 rings (SSSR count). The lowest BCUT2D eigenvalue weighted by atomic mass is 10.1. The third-order valence-electron chi connectivity index (χ3n) is 5.04. The summed E-state index contributed by atoms with van der Waals surface area (Å²) < 4.78 is 5.39. The maximum Gasteiger partial charge on any atom is 0.191 e. The summed E-state index contributed by atoms with van der Waals surface area (Å²) in [4.78, 5) is 10.7. The van der Waals surface area contributed by atoms with Crippen LogP contribution in [0, 0.1) is 6.92 Å². The number of nitrogens with one attached hydrogen (secondary N) is 3. The highest BCUT2D eigenvalue weighted by Crippen LogP contribution is 2.21. The molecule has 0 unspecified atom stereocenters. The van der Waals surface area contributed by atoms with Crippen molar-refractivity contribution in [2.24, 2.45) is 4.99 Å². The highest BCUT2D eigenvalue weighted by atomic mass is 16.5. The van der Waals surface area contributed by atoms with E-state index in [-0.39, 0.29) is 0 Å². The van der Waals surface area contributed by atoms with Crippen LogP contribution >= 0.6 is 0 Å². The summed E-state index contributed by atoms with van der Waals surface area (Å²) in [6, 6.07) is 8.51. The molecular formula is C21H33N5O. The van der Waals surface area contributed by atoms with E-state index in [1.807, 2.05) is 0 Å². The second kappa shape index (κ2) is 10.3. The molecule has 2 aromatic rings. The van der Waals surface area contributed by atoms with Gasteiger partial charge in [-0.25, -0.2) is 0 Å². The summed E-state index contributed by atoms with van der Waals surface area (Å²) in [5.41, 5.74) is 3.86.